The van der Waals surface area contributed by atoms with Crippen LogP contribution in [0, 0.1) is 26.7 Å². The lowest BCUT2D eigenvalue weighted by atomic mass is 10.1. The fraction of sp³-hybridized carbons (Fsp3) is 0.350. The molecule has 2 aromatic carbocycles. The third kappa shape index (κ3) is 3.97. The van der Waals surface area contributed by atoms with Gasteiger partial charge in [-0.3, -0.25) is 4.79 Å². The number of nitrogens with one attached hydrogen (secondary N) is 1. The van der Waals surface area contributed by atoms with Crippen LogP contribution in [0.15, 0.2) is 47.4 Å². The highest BCUT2D eigenvalue weighted by Gasteiger charge is 2.31. The summed E-state index contributed by atoms with van der Waals surface area (Å²) in [4.78, 5) is 14.3. The highest BCUT2D eigenvalue weighted by atomic mass is 32.2. The van der Waals surface area contributed by atoms with E-state index >= 15 is 0 Å². The highest BCUT2D eigenvalue weighted by Crippen LogP contribution is 2.25. The number of carbonyl (C=O) groups excluding carboxylic acids is 1. The van der Waals surface area contributed by atoms with Crippen LogP contribution in [0.2, 0.25) is 0 Å². The number of benzene rings is 2. The van der Waals surface area contributed by atoms with Crippen molar-refractivity contribution in [3.05, 3.63) is 59.2 Å². The largest absolute Gasteiger partial charge is 0.312 e. The number of hydrogen-bond acceptors (Lipinski definition) is 3. The first-order valence-corrected chi connectivity index (χ1v) is 10.2. The molecule has 0 bridgehead atoms. The molecule has 2 aromatic rings. The molecule has 0 radical (unpaired) electrons. The third-order valence-electron chi connectivity index (χ3n) is 4.90. The van der Waals surface area contributed by atoms with Gasteiger partial charge < -0.3 is 4.90 Å². The van der Waals surface area contributed by atoms with Crippen LogP contribution in [0.5, 0.6) is 0 Å². The van der Waals surface area contributed by atoms with E-state index in [4.69, 9.17) is 0 Å². The summed E-state index contributed by atoms with van der Waals surface area (Å²) < 4.78 is 27.7. The molecular formula is C20H24N2O3S. The van der Waals surface area contributed by atoms with Crippen LogP contribution in [0.25, 0.3) is 0 Å². The van der Waals surface area contributed by atoms with Crippen LogP contribution in [0.3, 0.4) is 0 Å². The number of hydrogen-bond donors (Lipinski definition) is 1. The standard InChI is InChI=1S/C20H24N2O3S/c1-14-4-7-18(8-5-14)22-13-17(11-20(22)23)12-21-26(24,25)19-9-6-15(2)16(3)10-19/h4-10,17,21H,11-13H2,1-3H3. The smallest absolute Gasteiger partial charge is 0.240 e. The lowest BCUT2D eigenvalue weighted by Gasteiger charge is -2.17. The second-order valence-electron chi connectivity index (χ2n) is 7.01. The van der Waals surface area contributed by atoms with Gasteiger partial charge in [-0.05, 0) is 62.1 Å². The molecule has 1 heterocycles. The van der Waals surface area contributed by atoms with E-state index < -0.39 is 10.0 Å². The maximum Gasteiger partial charge on any atom is 0.240 e. The van der Waals surface area contributed by atoms with Crippen molar-refractivity contribution in [2.45, 2.75) is 32.1 Å². The van der Waals surface area contributed by atoms with Gasteiger partial charge in [-0.1, -0.05) is 23.8 Å². The van der Waals surface area contributed by atoms with Crippen LogP contribution in [-0.4, -0.2) is 27.4 Å². The van der Waals surface area contributed by atoms with Crippen molar-refractivity contribution in [3.8, 4) is 0 Å². The molecule has 138 valence electrons. The quantitative estimate of drug-likeness (QED) is 0.877. The number of rotatable bonds is 5. The minimum Gasteiger partial charge on any atom is -0.312 e. The first kappa shape index (κ1) is 18.6. The lowest BCUT2D eigenvalue weighted by Crippen LogP contribution is -2.31. The van der Waals surface area contributed by atoms with Crippen molar-refractivity contribution < 1.29 is 13.2 Å². The fourth-order valence-electron chi connectivity index (χ4n) is 3.08. The predicted octanol–water partition coefficient (Wildman–Crippen LogP) is 2.94. The lowest BCUT2D eigenvalue weighted by molar-refractivity contribution is -0.117. The van der Waals surface area contributed by atoms with Crippen molar-refractivity contribution in [2.24, 2.45) is 5.92 Å². The summed E-state index contributed by atoms with van der Waals surface area (Å²) in [5.41, 5.74) is 3.99. The van der Waals surface area contributed by atoms with Gasteiger partial charge in [0.15, 0.2) is 0 Å². The molecule has 5 nitrogen and oxygen atoms in total. The average Bonchev–Trinajstić information content (AvgIpc) is 2.97. The molecule has 0 spiro atoms. The van der Waals surface area contributed by atoms with Crippen molar-refractivity contribution >= 4 is 21.6 Å². The van der Waals surface area contributed by atoms with Gasteiger partial charge >= 0.3 is 0 Å². The Morgan fingerprint density at radius 1 is 1.04 bits per heavy atom. The number of carbonyl (C=O) groups is 1. The number of anilines is 1. The Labute approximate surface area is 155 Å². The van der Waals surface area contributed by atoms with Crippen molar-refractivity contribution in [2.75, 3.05) is 18.0 Å². The molecule has 1 atom stereocenters. The Morgan fingerprint density at radius 3 is 2.38 bits per heavy atom. The van der Waals surface area contributed by atoms with Crippen LogP contribution in [0.4, 0.5) is 5.69 Å². The Balaban J connectivity index is 1.65. The van der Waals surface area contributed by atoms with E-state index in [0.29, 0.717) is 13.0 Å². The average molecular weight is 372 g/mol. The summed E-state index contributed by atoms with van der Waals surface area (Å²) in [7, 11) is -3.57. The number of sulfonamides is 1. The van der Waals surface area contributed by atoms with Gasteiger partial charge in [0.05, 0.1) is 4.90 Å². The maximum atomic E-state index is 12.5. The molecule has 1 fully saturated rings. The molecule has 0 saturated carbocycles. The Bertz CT molecular complexity index is 921. The molecule has 1 aliphatic heterocycles. The van der Waals surface area contributed by atoms with Crippen LogP contribution < -0.4 is 9.62 Å². The topological polar surface area (TPSA) is 66.5 Å². The van der Waals surface area contributed by atoms with Crippen LogP contribution in [0.1, 0.15) is 23.1 Å². The molecule has 26 heavy (non-hydrogen) atoms. The first-order chi connectivity index (χ1) is 12.3. The van der Waals surface area contributed by atoms with Gasteiger partial charge in [-0.2, -0.15) is 0 Å². The van der Waals surface area contributed by atoms with E-state index in [-0.39, 0.29) is 23.3 Å². The monoisotopic (exact) mass is 372 g/mol. The minimum atomic E-state index is -3.57. The zero-order valence-electron chi connectivity index (χ0n) is 15.3. The molecule has 1 saturated heterocycles. The molecule has 0 aliphatic carbocycles. The number of aryl methyl sites for hydroxylation is 3. The summed E-state index contributed by atoms with van der Waals surface area (Å²) in [6, 6.07) is 12.9. The molecule has 3 rings (SSSR count). The van der Waals surface area contributed by atoms with E-state index in [1.54, 1.807) is 17.0 Å². The minimum absolute atomic E-state index is 0.0317. The van der Waals surface area contributed by atoms with E-state index in [9.17, 15) is 13.2 Å². The van der Waals surface area contributed by atoms with Crippen molar-refractivity contribution in [3.63, 3.8) is 0 Å². The van der Waals surface area contributed by atoms with Gasteiger partial charge in [0, 0.05) is 25.2 Å². The second-order valence-corrected chi connectivity index (χ2v) is 8.77. The Morgan fingerprint density at radius 2 is 1.73 bits per heavy atom. The summed E-state index contributed by atoms with van der Waals surface area (Å²) in [6.07, 6.45) is 0.351. The summed E-state index contributed by atoms with van der Waals surface area (Å²) in [5.74, 6) is -0.00523. The zero-order valence-corrected chi connectivity index (χ0v) is 16.1. The second kappa shape index (κ2) is 7.21. The molecule has 1 N–H and O–H groups in total. The molecule has 1 unspecified atom stereocenters. The summed E-state index contributed by atoms with van der Waals surface area (Å²) in [6.45, 7) is 6.62. The highest BCUT2D eigenvalue weighted by molar-refractivity contribution is 7.89. The summed E-state index contributed by atoms with van der Waals surface area (Å²) in [5, 5.41) is 0. The Kier molecular flexibility index (Phi) is 5.16. The van der Waals surface area contributed by atoms with Gasteiger partial charge in [0.2, 0.25) is 15.9 Å². The molecule has 0 aromatic heterocycles. The molecule has 1 aliphatic rings. The number of amides is 1. The zero-order chi connectivity index (χ0) is 18.9. The SMILES string of the molecule is Cc1ccc(N2CC(CNS(=O)(=O)c3ccc(C)c(C)c3)CC2=O)cc1. The van der Waals surface area contributed by atoms with E-state index in [2.05, 4.69) is 4.72 Å². The van der Waals surface area contributed by atoms with Crippen molar-refractivity contribution in [1.82, 2.24) is 4.72 Å². The summed E-state index contributed by atoms with van der Waals surface area (Å²) >= 11 is 0. The van der Waals surface area contributed by atoms with Gasteiger partial charge in [-0.25, -0.2) is 13.1 Å². The maximum absolute atomic E-state index is 12.5. The predicted molar refractivity (Wildman–Crippen MR) is 103 cm³/mol. The van der Waals surface area contributed by atoms with E-state index in [0.717, 1.165) is 22.4 Å². The van der Waals surface area contributed by atoms with Crippen LogP contribution in [-0.2, 0) is 14.8 Å². The molecule has 1 amide bonds. The first-order valence-electron chi connectivity index (χ1n) is 8.70. The Hall–Kier alpha value is -2.18. The fourth-order valence-corrected chi connectivity index (χ4v) is 4.29. The normalized spacial score (nSPS) is 17.7. The van der Waals surface area contributed by atoms with Gasteiger partial charge in [0.25, 0.3) is 0 Å². The van der Waals surface area contributed by atoms with Crippen molar-refractivity contribution in [1.29, 1.82) is 0 Å². The van der Waals surface area contributed by atoms with E-state index in [1.807, 2.05) is 51.1 Å². The molecular weight excluding hydrogens is 348 g/mol. The van der Waals surface area contributed by atoms with Crippen LogP contribution >= 0.6 is 0 Å². The third-order valence-corrected chi connectivity index (χ3v) is 6.32. The van der Waals surface area contributed by atoms with Gasteiger partial charge in [-0.15, -0.1) is 0 Å². The molecule has 6 heteroatoms. The van der Waals surface area contributed by atoms with E-state index in [1.165, 1.54) is 0 Å². The van der Waals surface area contributed by atoms with Gasteiger partial charge in [0.1, 0.15) is 0 Å². The number of nitrogens with zero attached hydrogens (tertiary/aromatic N) is 1.